The number of hydrogen-bond acceptors (Lipinski definition) is 3. The van der Waals surface area contributed by atoms with Crippen molar-refractivity contribution in [1.82, 2.24) is 0 Å². The molecule has 0 saturated carbocycles. The van der Waals surface area contributed by atoms with Gasteiger partial charge in [-0.3, -0.25) is 5.41 Å². The molecule has 1 unspecified atom stereocenters. The SMILES string of the molecule is N=C(N)c1cc(F)ccc1N1CCCCCC1CO. The van der Waals surface area contributed by atoms with Gasteiger partial charge in [0.05, 0.1) is 12.6 Å². The second kappa shape index (κ2) is 6.02. The quantitative estimate of drug-likeness (QED) is 0.577. The van der Waals surface area contributed by atoms with Gasteiger partial charge >= 0.3 is 0 Å². The number of benzene rings is 1. The molecule has 0 radical (unpaired) electrons. The van der Waals surface area contributed by atoms with Crippen LogP contribution in [0.4, 0.5) is 10.1 Å². The van der Waals surface area contributed by atoms with E-state index in [0.717, 1.165) is 37.9 Å². The van der Waals surface area contributed by atoms with Crippen LogP contribution in [-0.2, 0) is 0 Å². The summed E-state index contributed by atoms with van der Waals surface area (Å²) in [7, 11) is 0. The van der Waals surface area contributed by atoms with E-state index in [1.165, 1.54) is 12.1 Å². The number of aliphatic hydroxyl groups excluding tert-OH is 1. The lowest BCUT2D eigenvalue weighted by molar-refractivity contribution is 0.255. The van der Waals surface area contributed by atoms with E-state index >= 15 is 0 Å². The minimum absolute atomic E-state index is 0.0195. The van der Waals surface area contributed by atoms with Gasteiger partial charge in [0.2, 0.25) is 0 Å². The number of halogens is 1. The zero-order valence-corrected chi connectivity index (χ0v) is 10.9. The summed E-state index contributed by atoms with van der Waals surface area (Å²) >= 11 is 0. The smallest absolute Gasteiger partial charge is 0.125 e. The molecule has 1 atom stereocenters. The first kappa shape index (κ1) is 13.8. The topological polar surface area (TPSA) is 73.3 Å². The fraction of sp³-hybridized carbons (Fsp3) is 0.500. The summed E-state index contributed by atoms with van der Waals surface area (Å²) in [6, 6.07) is 4.34. The Labute approximate surface area is 112 Å². The monoisotopic (exact) mass is 265 g/mol. The van der Waals surface area contributed by atoms with Crippen LogP contribution in [0.3, 0.4) is 0 Å². The molecule has 0 aromatic heterocycles. The van der Waals surface area contributed by atoms with Crippen LogP contribution >= 0.6 is 0 Å². The Morgan fingerprint density at radius 1 is 1.42 bits per heavy atom. The minimum atomic E-state index is -0.399. The van der Waals surface area contributed by atoms with Gasteiger partial charge in [0, 0.05) is 17.8 Å². The molecule has 0 amide bonds. The highest BCUT2D eigenvalue weighted by atomic mass is 19.1. The van der Waals surface area contributed by atoms with Crippen LogP contribution in [0, 0.1) is 11.2 Å². The number of nitrogens with two attached hydrogens (primary N) is 1. The maximum atomic E-state index is 13.3. The molecule has 1 saturated heterocycles. The largest absolute Gasteiger partial charge is 0.394 e. The predicted octanol–water partition coefficient (Wildman–Crippen LogP) is 1.85. The Balaban J connectivity index is 2.40. The van der Waals surface area contributed by atoms with Crippen LogP contribution in [0.1, 0.15) is 31.2 Å². The lowest BCUT2D eigenvalue weighted by atomic mass is 10.1. The summed E-state index contributed by atoms with van der Waals surface area (Å²) in [5.41, 5.74) is 6.69. The van der Waals surface area contributed by atoms with Crippen LogP contribution in [-0.4, -0.2) is 30.1 Å². The third-order valence-corrected chi connectivity index (χ3v) is 3.65. The number of anilines is 1. The van der Waals surface area contributed by atoms with E-state index in [-0.39, 0.29) is 18.5 Å². The number of amidine groups is 1. The number of nitrogens with one attached hydrogen (secondary N) is 1. The normalized spacial score (nSPS) is 20.1. The van der Waals surface area contributed by atoms with E-state index in [0.29, 0.717) is 5.56 Å². The minimum Gasteiger partial charge on any atom is -0.394 e. The summed E-state index contributed by atoms with van der Waals surface area (Å²) in [6.45, 7) is 0.867. The van der Waals surface area contributed by atoms with Gasteiger partial charge in [0.1, 0.15) is 11.7 Å². The van der Waals surface area contributed by atoms with Crippen LogP contribution in [0.2, 0.25) is 0 Å². The number of hydrogen-bond donors (Lipinski definition) is 3. The molecule has 4 N–H and O–H groups in total. The molecule has 1 aliphatic heterocycles. The average Bonchev–Trinajstić information content (AvgIpc) is 2.63. The average molecular weight is 265 g/mol. The Morgan fingerprint density at radius 3 is 2.89 bits per heavy atom. The summed E-state index contributed by atoms with van der Waals surface area (Å²) in [4.78, 5) is 2.06. The van der Waals surface area contributed by atoms with Crippen molar-refractivity contribution < 1.29 is 9.50 Å². The van der Waals surface area contributed by atoms with E-state index in [4.69, 9.17) is 11.1 Å². The summed E-state index contributed by atoms with van der Waals surface area (Å²) in [5.74, 6) is -0.542. The van der Waals surface area contributed by atoms with Crippen LogP contribution in [0.5, 0.6) is 0 Å². The third kappa shape index (κ3) is 3.04. The second-order valence-corrected chi connectivity index (χ2v) is 4.95. The molecule has 1 fully saturated rings. The van der Waals surface area contributed by atoms with Crippen molar-refractivity contribution >= 4 is 11.5 Å². The molecule has 0 aliphatic carbocycles. The number of rotatable bonds is 3. The van der Waals surface area contributed by atoms with E-state index < -0.39 is 5.82 Å². The van der Waals surface area contributed by atoms with E-state index in [2.05, 4.69) is 4.90 Å². The molecule has 1 aliphatic rings. The standard InChI is InChI=1S/C14H20FN3O/c15-10-5-6-13(12(8-10)14(16)17)18-7-3-1-2-4-11(18)9-19/h5-6,8,11,19H,1-4,7,9H2,(H3,16,17). The van der Waals surface area contributed by atoms with Crippen LogP contribution in [0.25, 0.3) is 0 Å². The number of nitrogen functional groups attached to an aromatic ring is 1. The number of aliphatic hydroxyl groups is 1. The molecular weight excluding hydrogens is 245 g/mol. The Kier molecular flexibility index (Phi) is 4.37. The first-order chi connectivity index (χ1) is 9.13. The van der Waals surface area contributed by atoms with Crippen molar-refractivity contribution in [2.45, 2.75) is 31.7 Å². The van der Waals surface area contributed by atoms with Crippen molar-refractivity contribution in [1.29, 1.82) is 5.41 Å². The van der Waals surface area contributed by atoms with E-state index in [9.17, 15) is 9.50 Å². The predicted molar refractivity (Wildman–Crippen MR) is 74.1 cm³/mol. The summed E-state index contributed by atoms with van der Waals surface area (Å²) in [6.07, 6.45) is 4.15. The zero-order valence-electron chi connectivity index (χ0n) is 10.9. The van der Waals surface area contributed by atoms with Gasteiger partial charge in [0.25, 0.3) is 0 Å². The second-order valence-electron chi connectivity index (χ2n) is 4.95. The van der Waals surface area contributed by atoms with Crippen molar-refractivity contribution in [3.8, 4) is 0 Å². The lowest BCUT2D eigenvalue weighted by Gasteiger charge is -2.32. The molecule has 2 rings (SSSR count). The molecule has 0 spiro atoms. The van der Waals surface area contributed by atoms with Gasteiger partial charge in [-0.25, -0.2) is 4.39 Å². The van der Waals surface area contributed by atoms with Crippen molar-refractivity contribution in [2.75, 3.05) is 18.1 Å². The van der Waals surface area contributed by atoms with Crippen molar-refractivity contribution in [3.63, 3.8) is 0 Å². The highest BCUT2D eigenvalue weighted by Crippen LogP contribution is 2.27. The molecule has 1 aromatic rings. The van der Waals surface area contributed by atoms with E-state index in [1.54, 1.807) is 6.07 Å². The Morgan fingerprint density at radius 2 is 2.21 bits per heavy atom. The van der Waals surface area contributed by atoms with Gasteiger partial charge in [-0.2, -0.15) is 0 Å². The molecule has 1 aromatic carbocycles. The first-order valence-electron chi connectivity index (χ1n) is 6.65. The van der Waals surface area contributed by atoms with Gasteiger partial charge < -0.3 is 15.7 Å². The Bertz CT molecular complexity index is 464. The summed E-state index contributed by atoms with van der Waals surface area (Å²) < 4.78 is 13.3. The highest BCUT2D eigenvalue weighted by Gasteiger charge is 2.23. The third-order valence-electron chi connectivity index (χ3n) is 3.65. The van der Waals surface area contributed by atoms with Crippen molar-refractivity contribution in [2.24, 2.45) is 5.73 Å². The first-order valence-corrected chi connectivity index (χ1v) is 6.65. The van der Waals surface area contributed by atoms with Crippen molar-refractivity contribution in [3.05, 3.63) is 29.6 Å². The molecular formula is C14H20FN3O. The molecule has 0 bridgehead atoms. The number of nitrogens with zero attached hydrogens (tertiary/aromatic N) is 1. The molecule has 19 heavy (non-hydrogen) atoms. The maximum absolute atomic E-state index is 13.3. The maximum Gasteiger partial charge on any atom is 0.125 e. The molecule has 5 heteroatoms. The molecule has 1 heterocycles. The van der Waals surface area contributed by atoms with Gasteiger partial charge in [-0.05, 0) is 31.0 Å². The molecule has 4 nitrogen and oxygen atoms in total. The summed E-state index contributed by atoms with van der Waals surface area (Å²) in [5, 5.41) is 17.1. The van der Waals surface area contributed by atoms with Crippen LogP contribution in [0.15, 0.2) is 18.2 Å². The fourth-order valence-corrected chi connectivity index (χ4v) is 2.66. The van der Waals surface area contributed by atoms with Crippen LogP contribution < -0.4 is 10.6 Å². The van der Waals surface area contributed by atoms with E-state index in [1.807, 2.05) is 0 Å². The lowest BCUT2D eigenvalue weighted by Crippen LogP contribution is -2.38. The van der Waals surface area contributed by atoms with Gasteiger partial charge in [0.15, 0.2) is 0 Å². The highest BCUT2D eigenvalue weighted by molar-refractivity contribution is 6.00. The van der Waals surface area contributed by atoms with Gasteiger partial charge in [-0.1, -0.05) is 12.8 Å². The van der Waals surface area contributed by atoms with Gasteiger partial charge in [-0.15, -0.1) is 0 Å². The Hall–Kier alpha value is -1.62. The zero-order chi connectivity index (χ0) is 13.8. The fourth-order valence-electron chi connectivity index (χ4n) is 2.66. The molecule has 104 valence electrons.